The SMILES string of the molecule is CC1CC(NCCOC2CCCC2)C1. The van der Waals surface area contributed by atoms with Crippen molar-refractivity contribution in [1.29, 1.82) is 0 Å². The third kappa shape index (κ3) is 2.96. The molecule has 0 radical (unpaired) electrons. The molecule has 0 bridgehead atoms. The summed E-state index contributed by atoms with van der Waals surface area (Å²) >= 11 is 0. The zero-order valence-corrected chi connectivity index (χ0v) is 9.30. The predicted octanol–water partition coefficient (Wildman–Crippen LogP) is 2.33. The first-order valence-electron chi connectivity index (χ1n) is 6.19. The molecule has 0 aromatic carbocycles. The van der Waals surface area contributed by atoms with E-state index in [1.54, 1.807) is 0 Å². The molecule has 1 N–H and O–H groups in total. The summed E-state index contributed by atoms with van der Waals surface area (Å²) < 4.78 is 5.79. The normalized spacial score (nSPS) is 33.2. The van der Waals surface area contributed by atoms with Crippen molar-refractivity contribution in [2.75, 3.05) is 13.2 Å². The molecule has 2 rings (SSSR count). The van der Waals surface area contributed by atoms with Gasteiger partial charge in [-0.15, -0.1) is 0 Å². The van der Waals surface area contributed by atoms with Gasteiger partial charge in [0.25, 0.3) is 0 Å². The highest BCUT2D eigenvalue weighted by molar-refractivity contribution is 4.81. The van der Waals surface area contributed by atoms with Crippen LogP contribution in [0.3, 0.4) is 0 Å². The van der Waals surface area contributed by atoms with E-state index in [0.29, 0.717) is 6.10 Å². The van der Waals surface area contributed by atoms with Gasteiger partial charge in [0.2, 0.25) is 0 Å². The summed E-state index contributed by atoms with van der Waals surface area (Å²) in [5, 5.41) is 3.55. The topological polar surface area (TPSA) is 21.3 Å². The van der Waals surface area contributed by atoms with Crippen molar-refractivity contribution in [3.63, 3.8) is 0 Å². The monoisotopic (exact) mass is 197 g/mol. The van der Waals surface area contributed by atoms with E-state index < -0.39 is 0 Å². The van der Waals surface area contributed by atoms with Crippen LogP contribution in [0.4, 0.5) is 0 Å². The van der Waals surface area contributed by atoms with Crippen LogP contribution in [0.25, 0.3) is 0 Å². The first-order chi connectivity index (χ1) is 6.84. The first kappa shape index (κ1) is 10.4. The second-order valence-corrected chi connectivity index (χ2v) is 5.00. The van der Waals surface area contributed by atoms with Crippen LogP contribution in [0.2, 0.25) is 0 Å². The largest absolute Gasteiger partial charge is 0.377 e. The van der Waals surface area contributed by atoms with Gasteiger partial charge in [-0.25, -0.2) is 0 Å². The molecular formula is C12H23NO. The molecule has 2 saturated carbocycles. The van der Waals surface area contributed by atoms with E-state index >= 15 is 0 Å². The molecule has 2 nitrogen and oxygen atoms in total. The first-order valence-corrected chi connectivity index (χ1v) is 6.19. The van der Waals surface area contributed by atoms with Gasteiger partial charge in [-0.1, -0.05) is 19.8 Å². The minimum Gasteiger partial charge on any atom is -0.377 e. The van der Waals surface area contributed by atoms with Gasteiger partial charge in [-0.2, -0.15) is 0 Å². The summed E-state index contributed by atoms with van der Waals surface area (Å²) in [6.45, 7) is 4.29. The predicted molar refractivity (Wildman–Crippen MR) is 58.4 cm³/mol. The Kier molecular flexibility index (Phi) is 3.82. The van der Waals surface area contributed by atoms with E-state index in [1.807, 2.05) is 0 Å². The number of nitrogens with one attached hydrogen (secondary N) is 1. The zero-order valence-electron chi connectivity index (χ0n) is 9.30. The molecule has 2 aliphatic carbocycles. The van der Waals surface area contributed by atoms with Gasteiger partial charge in [0.15, 0.2) is 0 Å². The Balaban J connectivity index is 1.43. The van der Waals surface area contributed by atoms with E-state index in [2.05, 4.69) is 12.2 Å². The van der Waals surface area contributed by atoms with Gasteiger partial charge >= 0.3 is 0 Å². The highest BCUT2D eigenvalue weighted by Gasteiger charge is 2.24. The van der Waals surface area contributed by atoms with Crippen LogP contribution in [0.15, 0.2) is 0 Å². The van der Waals surface area contributed by atoms with E-state index in [0.717, 1.165) is 25.1 Å². The molecule has 2 aliphatic rings. The lowest BCUT2D eigenvalue weighted by Gasteiger charge is -2.33. The molecular weight excluding hydrogens is 174 g/mol. The molecule has 2 fully saturated rings. The lowest BCUT2D eigenvalue weighted by Crippen LogP contribution is -2.41. The maximum Gasteiger partial charge on any atom is 0.0594 e. The van der Waals surface area contributed by atoms with Gasteiger partial charge in [-0.05, 0) is 31.6 Å². The number of hydrogen-bond acceptors (Lipinski definition) is 2. The van der Waals surface area contributed by atoms with Crippen molar-refractivity contribution < 1.29 is 4.74 Å². The summed E-state index contributed by atoms with van der Waals surface area (Å²) in [5.41, 5.74) is 0. The lowest BCUT2D eigenvalue weighted by atomic mass is 9.82. The molecule has 0 aromatic rings. The fraction of sp³-hybridized carbons (Fsp3) is 1.00. The fourth-order valence-electron chi connectivity index (χ4n) is 2.61. The van der Waals surface area contributed by atoms with Crippen molar-refractivity contribution >= 4 is 0 Å². The van der Waals surface area contributed by atoms with Gasteiger partial charge in [0.05, 0.1) is 12.7 Å². The summed E-state index contributed by atoms with van der Waals surface area (Å²) in [5.74, 6) is 0.947. The van der Waals surface area contributed by atoms with E-state index in [1.165, 1.54) is 38.5 Å². The second kappa shape index (κ2) is 5.13. The third-order valence-corrected chi connectivity index (χ3v) is 3.56. The summed E-state index contributed by atoms with van der Waals surface area (Å²) in [6.07, 6.45) is 8.64. The molecule has 0 amide bonds. The smallest absolute Gasteiger partial charge is 0.0594 e. The molecule has 82 valence electrons. The Labute approximate surface area is 87.4 Å². The fourth-order valence-corrected chi connectivity index (χ4v) is 2.61. The van der Waals surface area contributed by atoms with Crippen LogP contribution in [-0.2, 0) is 4.74 Å². The molecule has 0 aromatic heterocycles. The maximum atomic E-state index is 5.79. The summed E-state index contributed by atoms with van der Waals surface area (Å²) in [4.78, 5) is 0. The van der Waals surface area contributed by atoms with Gasteiger partial charge in [0, 0.05) is 12.6 Å². The standard InChI is InChI=1S/C12H23NO/c1-10-8-11(9-10)13-6-7-14-12-4-2-3-5-12/h10-13H,2-9H2,1H3. The highest BCUT2D eigenvalue weighted by atomic mass is 16.5. The third-order valence-electron chi connectivity index (χ3n) is 3.56. The Morgan fingerprint density at radius 2 is 1.93 bits per heavy atom. The summed E-state index contributed by atoms with van der Waals surface area (Å²) in [7, 11) is 0. The van der Waals surface area contributed by atoms with Crippen molar-refractivity contribution in [2.24, 2.45) is 5.92 Å². The van der Waals surface area contributed by atoms with Gasteiger partial charge < -0.3 is 10.1 Å². The van der Waals surface area contributed by atoms with Crippen LogP contribution in [0, 0.1) is 5.92 Å². The number of rotatable bonds is 5. The molecule has 0 spiro atoms. The number of hydrogen-bond donors (Lipinski definition) is 1. The lowest BCUT2D eigenvalue weighted by molar-refractivity contribution is 0.0562. The molecule has 2 heteroatoms. The molecule has 0 atom stereocenters. The Morgan fingerprint density at radius 1 is 1.21 bits per heavy atom. The molecule has 0 aliphatic heterocycles. The second-order valence-electron chi connectivity index (χ2n) is 5.00. The minimum atomic E-state index is 0.581. The van der Waals surface area contributed by atoms with Gasteiger partial charge in [-0.3, -0.25) is 0 Å². The molecule has 0 heterocycles. The highest BCUT2D eigenvalue weighted by Crippen LogP contribution is 2.26. The van der Waals surface area contributed by atoms with Crippen LogP contribution in [0.5, 0.6) is 0 Å². The molecule has 0 unspecified atom stereocenters. The number of ether oxygens (including phenoxy) is 1. The summed E-state index contributed by atoms with van der Waals surface area (Å²) in [6, 6.07) is 0.789. The molecule has 14 heavy (non-hydrogen) atoms. The quantitative estimate of drug-likeness (QED) is 0.683. The average molecular weight is 197 g/mol. The van der Waals surface area contributed by atoms with Crippen LogP contribution in [-0.4, -0.2) is 25.3 Å². The molecule has 0 saturated heterocycles. The van der Waals surface area contributed by atoms with Crippen molar-refractivity contribution in [3.8, 4) is 0 Å². The van der Waals surface area contributed by atoms with E-state index in [-0.39, 0.29) is 0 Å². The van der Waals surface area contributed by atoms with Crippen LogP contribution < -0.4 is 5.32 Å². The van der Waals surface area contributed by atoms with Gasteiger partial charge in [0.1, 0.15) is 0 Å². The Bertz CT molecular complexity index is 160. The van der Waals surface area contributed by atoms with Crippen molar-refractivity contribution in [3.05, 3.63) is 0 Å². The Hall–Kier alpha value is -0.0800. The van der Waals surface area contributed by atoms with Crippen LogP contribution >= 0.6 is 0 Å². The average Bonchev–Trinajstić information content (AvgIpc) is 2.61. The van der Waals surface area contributed by atoms with E-state index in [9.17, 15) is 0 Å². The van der Waals surface area contributed by atoms with E-state index in [4.69, 9.17) is 4.74 Å². The minimum absolute atomic E-state index is 0.581. The van der Waals surface area contributed by atoms with Crippen molar-refractivity contribution in [1.82, 2.24) is 5.32 Å². The van der Waals surface area contributed by atoms with Crippen molar-refractivity contribution in [2.45, 2.75) is 57.6 Å². The van der Waals surface area contributed by atoms with Crippen LogP contribution in [0.1, 0.15) is 45.4 Å². The Morgan fingerprint density at radius 3 is 2.57 bits per heavy atom. The zero-order chi connectivity index (χ0) is 9.80. The maximum absolute atomic E-state index is 5.79.